The van der Waals surface area contributed by atoms with Crippen molar-refractivity contribution < 1.29 is 14.2 Å². The van der Waals surface area contributed by atoms with E-state index in [4.69, 9.17) is 4.84 Å². The molecular formula is C9H11FN2O3. The van der Waals surface area contributed by atoms with Gasteiger partial charge < -0.3 is 4.84 Å². The van der Waals surface area contributed by atoms with Crippen molar-refractivity contribution in [3.8, 4) is 0 Å². The highest BCUT2D eigenvalue weighted by Gasteiger charge is 2.09. The molecule has 0 unspecified atom stereocenters. The Morgan fingerprint density at radius 3 is 2.87 bits per heavy atom. The Morgan fingerprint density at radius 1 is 1.53 bits per heavy atom. The number of nitrogens with one attached hydrogen (secondary N) is 1. The number of hydrogen-bond donors (Lipinski definition) is 1. The van der Waals surface area contributed by atoms with Crippen LogP contribution in [0.2, 0.25) is 0 Å². The average Bonchev–Trinajstić information content (AvgIpc) is 2.17. The monoisotopic (exact) mass is 214 g/mol. The summed E-state index contributed by atoms with van der Waals surface area (Å²) in [4.78, 5) is 14.6. The van der Waals surface area contributed by atoms with Crippen molar-refractivity contribution in [1.82, 2.24) is 5.48 Å². The summed E-state index contributed by atoms with van der Waals surface area (Å²) in [5.41, 5.74) is 2.76. The number of nitrogens with zero attached hydrogens (tertiary/aromatic N) is 1. The first kappa shape index (κ1) is 11.5. The lowest BCUT2D eigenvalue weighted by Gasteiger charge is -2.03. The zero-order valence-electron chi connectivity index (χ0n) is 8.20. The fourth-order valence-corrected chi connectivity index (χ4v) is 1.08. The van der Waals surface area contributed by atoms with Gasteiger partial charge in [0.05, 0.1) is 17.6 Å². The molecule has 0 atom stereocenters. The van der Waals surface area contributed by atoms with E-state index in [1.165, 1.54) is 12.1 Å². The smallest absolute Gasteiger partial charge is 0.272 e. The van der Waals surface area contributed by atoms with Crippen LogP contribution in [0.1, 0.15) is 12.5 Å². The van der Waals surface area contributed by atoms with Crippen LogP contribution >= 0.6 is 0 Å². The largest absolute Gasteiger partial charge is 0.302 e. The van der Waals surface area contributed by atoms with Crippen LogP contribution in [0, 0.1) is 15.9 Å². The Bertz CT molecular complexity index is 357. The maximum atomic E-state index is 12.9. The van der Waals surface area contributed by atoms with Gasteiger partial charge in [0.25, 0.3) is 5.69 Å². The summed E-state index contributed by atoms with van der Waals surface area (Å²) in [6.07, 6.45) is 0. The molecular weight excluding hydrogens is 203 g/mol. The zero-order chi connectivity index (χ0) is 11.3. The number of non-ortho nitro benzene ring substituents is 1. The second-order valence-corrected chi connectivity index (χ2v) is 2.83. The van der Waals surface area contributed by atoms with Gasteiger partial charge in [-0.15, -0.1) is 0 Å². The molecule has 0 aliphatic heterocycles. The summed E-state index contributed by atoms with van der Waals surface area (Å²) in [7, 11) is 0. The SMILES string of the molecule is CCONCc1cc(F)cc([N+](=O)[O-])c1. The number of nitro groups is 1. The summed E-state index contributed by atoms with van der Waals surface area (Å²) >= 11 is 0. The molecule has 0 heterocycles. The van der Waals surface area contributed by atoms with Gasteiger partial charge in [-0.25, -0.2) is 4.39 Å². The third-order valence-electron chi connectivity index (χ3n) is 1.68. The van der Waals surface area contributed by atoms with Crippen molar-refractivity contribution in [1.29, 1.82) is 0 Å². The van der Waals surface area contributed by atoms with Crippen LogP contribution in [-0.2, 0) is 11.4 Å². The van der Waals surface area contributed by atoms with E-state index in [0.29, 0.717) is 12.2 Å². The van der Waals surface area contributed by atoms with E-state index in [1.807, 2.05) is 0 Å². The highest BCUT2D eigenvalue weighted by Crippen LogP contribution is 2.15. The molecule has 82 valence electrons. The topological polar surface area (TPSA) is 64.4 Å². The minimum absolute atomic E-state index is 0.229. The molecule has 1 rings (SSSR count). The van der Waals surface area contributed by atoms with E-state index in [-0.39, 0.29) is 12.2 Å². The van der Waals surface area contributed by atoms with E-state index < -0.39 is 10.7 Å². The molecule has 15 heavy (non-hydrogen) atoms. The zero-order valence-corrected chi connectivity index (χ0v) is 8.20. The van der Waals surface area contributed by atoms with Crippen LogP contribution in [-0.4, -0.2) is 11.5 Å². The molecule has 5 nitrogen and oxygen atoms in total. The molecule has 0 bridgehead atoms. The molecule has 0 radical (unpaired) electrons. The van der Waals surface area contributed by atoms with E-state index in [2.05, 4.69) is 5.48 Å². The van der Waals surface area contributed by atoms with Gasteiger partial charge in [0.1, 0.15) is 5.82 Å². The minimum atomic E-state index is -0.632. The number of hydroxylamine groups is 1. The second kappa shape index (κ2) is 5.38. The normalized spacial score (nSPS) is 10.3. The first-order valence-corrected chi connectivity index (χ1v) is 4.42. The third kappa shape index (κ3) is 3.61. The second-order valence-electron chi connectivity index (χ2n) is 2.83. The van der Waals surface area contributed by atoms with E-state index in [1.54, 1.807) is 6.92 Å². The van der Waals surface area contributed by atoms with Crippen molar-refractivity contribution in [2.75, 3.05) is 6.61 Å². The van der Waals surface area contributed by atoms with Gasteiger partial charge in [0.15, 0.2) is 0 Å². The summed E-state index contributed by atoms with van der Waals surface area (Å²) in [6.45, 7) is 2.49. The maximum absolute atomic E-state index is 12.9. The number of hydrogen-bond acceptors (Lipinski definition) is 4. The van der Waals surface area contributed by atoms with Crippen molar-refractivity contribution in [3.05, 3.63) is 39.7 Å². The van der Waals surface area contributed by atoms with Gasteiger partial charge >= 0.3 is 0 Å². The molecule has 0 aromatic heterocycles. The molecule has 0 saturated heterocycles. The molecule has 0 aliphatic rings. The number of benzene rings is 1. The van der Waals surface area contributed by atoms with E-state index >= 15 is 0 Å². The lowest BCUT2D eigenvalue weighted by molar-refractivity contribution is -0.385. The Labute approximate surface area is 86.0 Å². The molecule has 1 aromatic rings. The Morgan fingerprint density at radius 2 is 2.27 bits per heavy atom. The first-order chi connectivity index (χ1) is 7.13. The van der Waals surface area contributed by atoms with Crippen molar-refractivity contribution >= 4 is 5.69 Å². The first-order valence-electron chi connectivity index (χ1n) is 4.42. The summed E-state index contributed by atoms with van der Waals surface area (Å²) in [6, 6.07) is 3.40. The summed E-state index contributed by atoms with van der Waals surface area (Å²) in [5.74, 6) is -0.627. The number of rotatable bonds is 5. The van der Waals surface area contributed by atoms with Crippen molar-refractivity contribution in [2.45, 2.75) is 13.5 Å². The van der Waals surface area contributed by atoms with Crippen LogP contribution in [0.3, 0.4) is 0 Å². The Hall–Kier alpha value is -1.53. The van der Waals surface area contributed by atoms with E-state index in [9.17, 15) is 14.5 Å². The standard InChI is InChI=1S/C9H11FN2O3/c1-2-15-11-6-7-3-8(10)5-9(4-7)12(13)14/h3-5,11H,2,6H2,1H3. The number of halogens is 1. The molecule has 0 spiro atoms. The van der Waals surface area contributed by atoms with Crippen LogP contribution in [0.5, 0.6) is 0 Å². The fourth-order valence-electron chi connectivity index (χ4n) is 1.08. The average molecular weight is 214 g/mol. The molecule has 6 heteroatoms. The lowest BCUT2D eigenvalue weighted by Crippen LogP contribution is -2.13. The van der Waals surface area contributed by atoms with Gasteiger partial charge in [0.2, 0.25) is 0 Å². The van der Waals surface area contributed by atoms with Gasteiger partial charge in [-0.3, -0.25) is 10.1 Å². The van der Waals surface area contributed by atoms with Crippen molar-refractivity contribution in [3.63, 3.8) is 0 Å². The molecule has 0 aliphatic carbocycles. The summed E-state index contributed by atoms with van der Waals surface area (Å²) in [5, 5.41) is 10.4. The van der Waals surface area contributed by atoms with Gasteiger partial charge in [-0.2, -0.15) is 5.48 Å². The fraction of sp³-hybridized carbons (Fsp3) is 0.333. The van der Waals surface area contributed by atoms with Gasteiger partial charge in [0, 0.05) is 12.6 Å². The van der Waals surface area contributed by atoms with Crippen LogP contribution in [0.25, 0.3) is 0 Å². The molecule has 0 amide bonds. The minimum Gasteiger partial charge on any atom is -0.302 e. The van der Waals surface area contributed by atoms with Crippen LogP contribution < -0.4 is 5.48 Å². The Kier molecular flexibility index (Phi) is 4.14. The van der Waals surface area contributed by atoms with Gasteiger partial charge in [-0.05, 0) is 18.6 Å². The van der Waals surface area contributed by atoms with Crippen LogP contribution in [0.15, 0.2) is 18.2 Å². The van der Waals surface area contributed by atoms with E-state index in [0.717, 1.165) is 6.07 Å². The molecule has 0 saturated carbocycles. The lowest BCUT2D eigenvalue weighted by atomic mass is 10.2. The molecule has 1 N–H and O–H groups in total. The maximum Gasteiger partial charge on any atom is 0.272 e. The molecule has 1 aromatic carbocycles. The quantitative estimate of drug-likeness (QED) is 0.461. The molecule has 0 fully saturated rings. The third-order valence-corrected chi connectivity index (χ3v) is 1.68. The highest BCUT2D eigenvalue weighted by atomic mass is 19.1. The predicted molar refractivity (Wildman–Crippen MR) is 51.5 cm³/mol. The highest BCUT2D eigenvalue weighted by molar-refractivity contribution is 5.35. The predicted octanol–water partition coefficient (Wildman–Crippen LogP) is 1.78. The van der Waals surface area contributed by atoms with Crippen molar-refractivity contribution in [2.24, 2.45) is 0 Å². The Balaban J connectivity index is 2.75. The van der Waals surface area contributed by atoms with Gasteiger partial charge in [-0.1, -0.05) is 0 Å². The van der Waals surface area contributed by atoms with Crippen LogP contribution in [0.4, 0.5) is 10.1 Å². The number of nitro benzene ring substituents is 1. The summed E-state index contributed by atoms with van der Waals surface area (Å²) < 4.78 is 12.9.